The number of carboxylic acids is 6. The summed E-state index contributed by atoms with van der Waals surface area (Å²) in [6.07, 6.45) is 0. The lowest BCUT2D eigenvalue weighted by molar-refractivity contribution is -0.135. The molecule has 0 unspecified atom stereocenters. The summed E-state index contributed by atoms with van der Waals surface area (Å²) in [5, 5.41) is 55.6. The number of rotatable bonds is 4. The summed E-state index contributed by atoms with van der Waals surface area (Å²) < 4.78 is 0. The molecule has 188 valence electrons. The lowest BCUT2D eigenvalue weighted by Gasteiger charge is -1.95. The lowest BCUT2D eigenvalue weighted by atomic mass is 10.6. The Balaban J connectivity index is -0.0000000440. The zero-order chi connectivity index (χ0) is 27.0. The van der Waals surface area contributed by atoms with Gasteiger partial charge in [0, 0.05) is 61.2 Å². The molecule has 0 saturated carbocycles. The van der Waals surface area contributed by atoms with Crippen LogP contribution in [-0.4, -0.2) is 97.8 Å². The van der Waals surface area contributed by atoms with Gasteiger partial charge in [0.1, 0.15) is 0 Å². The minimum Gasteiger partial charge on any atom is -0.481 e. The number of aliphatic hydroxyl groups is 1. The first kappa shape index (κ1) is 46.1. The van der Waals surface area contributed by atoms with Gasteiger partial charge in [-0.2, -0.15) is 0 Å². The molecule has 15 nitrogen and oxygen atoms in total. The van der Waals surface area contributed by atoms with Crippen LogP contribution in [0.15, 0.2) is 0 Å². The van der Waals surface area contributed by atoms with Crippen LogP contribution in [0.5, 0.6) is 0 Å². The second-order valence-corrected chi connectivity index (χ2v) is 4.38. The molecule has 10 N–H and O–H groups in total. The highest BCUT2D eigenvalue weighted by atomic mass is 16.4. The summed E-state index contributed by atoms with van der Waals surface area (Å²) >= 11 is 0. The van der Waals surface area contributed by atoms with E-state index in [9.17, 15) is 0 Å². The Labute approximate surface area is 180 Å². The van der Waals surface area contributed by atoms with Gasteiger partial charge in [0.15, 0.2) is 0 Å². The molecule has 0 aromatic heterocycles. The van der Waals surface area contributed by atoms with E-state index in [4.69, 9.17) is 70.2 Å². The second-order valence-electron chi connectivity index (χ2n) is 4.38. The fourth-order valence-electron chi connectivity index (χ4n) is 0.306. The standard InChI is InChI=1S/C4H12N2O.6C2H4O2/c5-1-2-6-3-4-7;6*1-2(3)4/h6-7H,1-5H2;6*1H3,(H,3,4). The maximum absolute atomic E-state index is 9.00. The number of hydrogen-bond acceptors (Lipinski definition) is 9. The normalized spacial score (nSPS) is 6.97. The van der Waals surface area contributed by atoms with Crippen LogP contribution in [-0.2, 0) is 28.8 Å². The van der Waals surface area contributed by atoms with Crippen LogP contribution < -0.4 is 11.1 Å². The van der Waals surface area contributed by atoms with Gasteiger partial charge in [0.05, 0.1) is 6.61 Å². The average molecular weight is 464 g/mol. The van der Waals surface area contributed by atoms with Gasteiger partial charge in [0.2, 0.25) is 0 Å². The molecule has 0 aromatic carbocycles. The number of aliphatic hydroxyl groups excluding tert-OH is 1. The van der Waals surface area contributed by atoms with Crippen molar-refractivity contribution in [2.24, 2.45) is 5.73 Å². The van der Waals surface area contributed by atoms with Crippen LogP contribution >= 0.6 is 0 Å². The smallest absolute Gasteiger partial charge is 0.300 e. The van der Waals surface area contributed by atoms with Crippen molar-refractivity contribution in [2.45, 2.75) is 41.5 Å². The Morgan fingerprint density at radius 2 is 0.710 bits per heavy atom. The van der Waals surface area contributed by atoms with Crippen LogP contribution in [0.2, 0.25) is 0 Å². The number of carbonyl (C=O) groups is 6. The van der Waals surface area contributed by atoms with Crippen LogP contribution in [0.3, 0.4) is 0 Å². The van der Waals surface area contributed by atoms with E-state index >= 15 is 0 Å². The molecule has 0 rings (SSSR count). The van der Waals surface area contributed by atoms with Crippen molar-refractivity contribution in [3.05, 3.63) is 0 Å². The van der Waals surface area contributed by atoms with Crippen molar-refractivity contribution in [1.29, 1.82) is 0 Å². The molecule has 0 spiro atoms. The minimum atomic E-state index is -0.833. The zero-order valence-corrected chi connectivity index (χ0v) is 18.5. The SMILES string of the molecule is CC(=O)O.CC(=O)O.CC(=O)O.CC(=O)O.CC(=O)O.CC(=O)O.NCCNCCO. The number of carboxylic acid groups (broad SMARTS) is 6. The highest BCUT2D eigenvalue weighted by molar-refractivity contribution is 5.64. The van der Waals surface area contributed by atoms with E-state index in [1.807, 2.05) is 0 Å². The predicted molar refractivity (Wildman–Crippen MR) is 109 cm³/mol. The summed E-state index contributed by atoms with van der Waals surface area (Å²) in [6, 6.07) is 0. The van der Waals surface area contributed by atoms with Gasteiger partial charge < -0.3 is 46.8 Å². The number of hydrogen-bond donors (Lipinski definition) is 9. The lowest BCUT2D eigenvalue weighted by Crippen LogP contribution is -2.24. The van der Waals surface area contributed by atoms with Crippen molar-refractivity contribution in [2.75, 3.05) is 26.2 Å². The van der Waals surface area contributed by atoms with Crippen molar-refractivity contribution in [3.8, 4) is 0 Å². The van der Waals surface area contributed by atoms with Crippen molar-refractivity contribution in [3.63, 3.8) is 0 Å². The molecule has 0 amide bonds. The summed E-state index contributed by atoms with van der Waals surface area (Å²) in [4.78, 5) is 54.0. The van der Waals surface area contributed by atoms with Gasteiger partial charge in [-0.25, -0.2) is 0 Å². The number of aliphatic carboxylic acids is 6. The maximum Gasteiger partial charge on any atom is 0.300 e. The molecule has 0 aromatic rings. The molecule has 0 saturated heterocycles. The maximum atomic E-state index is 9.00. The molecule has 0 fully saturated rings. The fourth-order valence-corrected chi connectivity index (χ4v) is 0.306. The Hall–Kier alpha value is -3.30. The van der Waals surface area contributed by atoms with Crippen molar-refractivity contribution >= 4 is 35.8 Å². The Kier molecular flexibility index (Phi) is 67.6. The largest absolute Gasteiger partial charge is 0.481 e. The summed E-state index contributed by atoms with van der Waals surface area (Å²) in [6.45, 7) is 8.78. The quantitative estimate of drug-likeness (QED) is 0.227. The molecule has 0 aliphatic rings. The molecule has 0 radical (unpaired) electrons. The highest BCUT2D eigenvalue weighted by Gasteiger charge is 1.77. The number of nitrogens with one attached hydrogen (secondary N) is 1. The van der Waals surface area contributed by atoms with Gasteiger partial charge in [-0.05, 0) is 0 Å². The average Bonchev–Trinajstić information content (AvgIpc) is 2.44. The first-order valence-electron chi connectivity index (χ1n) is 8.00. The van der Waals surface area contributed by atoms with Gasteiger partial charge in [-0.3, -0.25) is 28.8 Å². The zero-order valence-electron chi connectivity index (χ0n) is 18.5. The molecule has 0 heterocycles. The summed E-state index contributed by atoms with van der Waals surface area (Å²) in [5.74, 6) is -5.00. The Bertz CT molecular complexity index is 334. The Morgan fingerprint density at radius 1 is 0.548 bits per heavy atom. The van der Waals surface area contributed by atoms with E-state index < -0.39 is 35.8 Å². The molecular formula is C16H36N2O13. The third-order valence-corrected chi connectivity index (χ3v) is 0.610. The van der Waals surface area contributed by atoms with E-state index in [0.717, 1.165) is 48.1 Å². The third-order valence-electron chi connectivity index (χ3n) is 0.610. The minimum absolute atomic E-state index is 0.194. The van der Waals surface area contributed by atoms with E-state index in [-0.39, 0.29) is 6.61 Å². The summed E-state index contributed by atoms with van der Waals surface area (Å²) in [5.41, 5.74) is 5.13. The molecule has 15 heteroatoms. The van der Waals surface area contributed by atoms with Crippen LogP contribution in [0, 0.1) is 0 Å². The fraction of sp³-hybridized carbons (Fsp3) is 0.625. The first-order chi connectivity index (χ1) is 13.8. The molecule has 0 aliphatic carbocycles. The monoisotopic (exact) mass is 464 g/mol. The van der Waals surface area contributed by atoms with E-state index in [2.05, 4.69) is 5.32 Å². The third kappa shape index (κ3) is 33200. The Morgan fingerprint density at radius 3 is 0.806 bits per heavy atom. The van der Waals surface area contributed by atoms with Crippen LogP contribution in [0.25, 0.3) is 0 Å². The molecule has 31 heavy (non-hydrogen) atoms. The number of nitrogens with two attached hydrogens (primary N) is 1. The van der Waals surface area contributed by atoms with Gasteiger partial charge >= 0.3 is 0 Å². The van der Waals surface area contributed by atoms with Crippen molar-refractivity contribution in [1.82, 2.24) is 5.32 Å². The predicted octanol–water partition coefficient (Wildman–Crippen LogP) is -0.928. The van der Waals surface area contributed by atoms with E-state index in [1.54, 1.807) is 0 Å². The van der Waals surface area contributed by atoms with Gasteiger partial charge in [-0.1, -0.05) is 0 Å². The molecular weight excluding hydrogens is 428 g/mol. The van der Waals surface area contributed by atoms with Crippen molar-refractivity contribution < 1.29 is 64.5 Å². The second kappa shape index (κ2) is 45.4. The highest BCUT2D eigenvalue weighted by Crippen LogP contribution is 1.52. The van der Waals surface area contributed by atoms with Crippen LogP contribution in [0.1, 0.15) is 41.5 Å². The van der Waals surface area contributed by atoms with E-state index in [0.29, 0.717) is 13.1 Å². The molecule has 0 atom stereocenters. The summed E-state index contributed by atoms with van der Waals surface area (Å²) in [7, 11) is 0. The van der Waals surface area contributed by atoms with Gasteiger partial charge in [0.25, 0.3) is 35.8 Å². The molecule has 0 bridgehead atoms. The topological polar surface area (TPSA) is 282 Å². The van der Waals surface area contributed by atoms with Gasteiger partial charge in [-0.15, -0.1) is 0 Å². The van der Waals surface area contributed by atoms with E-state index in [1.165, 1.54) is 0 Å². The first-order valence-corrected chi connectivity index (χ1v) is 8.00. The molecule has 0 aliphatic heterocycles. The van der Waals surface area contributed by atoms with Crippen LogP contribution in [0.4, 0.5) is 0 Å².